The first kappa shape index (κ1) is 20.0. The summed E-state index contributed by atoms with van der Waals surface area (Å²) >= 11 is 1.62. The molecule has 6 heteroatoms. The van der Waals surface area contributed by atoms with Crippen molar-refractivity contribution in [2.24, 2.45) is 11.8 Å². The average Bonchev–Trinajstić information content (AvgIpc) is 3.15. The van der Waals surface area contributed by atoms with Crippen LogP contribution in [0.4, 0.5) is 0 Å². The Kier molecular flexibility index (Phi) is 7.35. The summed E-state index contributed by atoms with van der Waals surface area (Å²) in [6.45, 7) is 8.87. The third kappa shape index (κ3) is 6.40. The molecule has 0 spiro atoms. The molecule has 2 aromatic rings. The molecule has 1 saturated heterocycles. The maximum atomic E-state index is 12.2. The van der Waals surface area contributed by atoms with E-state index in [1.165, 1.54) is 19.4 Å². The van der Waals surface area contributed by atoms with Crippen molar-refractivity contribution in [2.75, 3.05) is 26.2 Å². The number of hydrogen-bond donors (Lipinski definition) is 1. The van der Waals surface area contributed by atoms with Crippen LogP contribution in [-0.2, 0) is 11.2 Å². The maximum absolute atomic E-state index is 12.2. The highest BCUT2D eigenvalue weighted by Gasteiger charge is 2.20. The van der Waals surface area contributed by atoms with Crippen LogP contribution in [0.5, 0.6) is 0 Å². The zero-order valence-electron chi connectivity index (χ0n) is 16.4. The van der Waals surface area contributed by atoms with Crippen molar-refractivity contribution in [3.05, 3.63) is 35.6 Å². The lowest BCUT2D eigenvalue weighted by atomic mass is 9.96. The molecule has 0 unspecified atom stereocenters. The van der Waals surface area contributed by atoms with Crippen molar-refractivity contribution in [1.82, 2.24) is 20.2 Å². The Balaban J connectivity index is 1.35. The van der Waals surface area contributed by atoms with Crippen LogP contribution in [0.3, 0.4) is 0 Å². The smallest absolute Gasteiger partial charge is 0.220 e. The number of amides is 1. The molecule has 1 aliphatic rings. The van der Waals surface area contributed by atoms with Gasteiger partial charge in [0, 0.05) is 42.8 Å². The Morgan fingerprint density at radius 3 is 2.74 bits per heavy atom. The topological polar surface area (TPSA) is 58.1 Å². The van der Waals surface area contributed by atoms with Crippen LogP contribution in [-0.4, -0.2) is 47.0 Å². The van der Waals surface area contributed by atoms with Crippen LogP contribution in [0.15, 0.2) is 29.9 Å². The number of carbonyl (C=O) groups is 1. The van der Waals surface area contributed by atoms with E-state index >= 15 is 0 Å². The lowest BCUT2D eigenvalue weighted by molar-refractivity contribution is -0.121. The molecule has 3 heterocycles. The highest BCUT2D eigenvalue weighted by atomic mass is 32.1. The van der Waals surface area contributed by atoms with Crippen molar-refractivity contribution in [1.29, 1.82) is 0 Å². The molecule has 5 nitrogen and oxygen atoms in total. The molecular weight excluding hydrogens is 356 g/mol. The van der Waals surface area contributed by atoms with Gasteiger partial charge >= 0.3 is 0 Å². The molecule has 0 radical (unpaired) electrons. The molecule has 1 N–H and O–H groups in total. The lowest BCUT2D eigenvalue weighted by Gasteiger charge is -2.33. The van der Waals surface area contributed by atoms with Crippen LogP contribution in [0.25, 0.3) is 10.6 Å². The number of aryl methyl sites for hydroxylation is 1. The summed E-state index contributed by atoms with van der Waals surface area (Å²) in [4.78, 5) is 23.4. The maximum Gasteiger partial charge on any atom is 0.220 e. The largest absolute Gasteiger partial charge is 0.356 e. The van der Waals surface area contributed by atoms with Gasteiger partial charge in [-0.3, -0.25) is 9.78 Å². The highest BCUT2D eigenvalue weighted by Crippen LogP contribution is 2.23. The van der Waals surface area contributed by atoms with Gasteiger partial charge in [-0.1, -0.05) is 13.8 Å². The molecule has 0 saturated carbocycles. The summed E-state index contributed by atoms with van der Waals surface area (Å²) in [6.07, 6.45) is 7.13. The van der Waals surface area contributed by atoms with Crippen LogP contribution < -0.4 is 5.32 Å². The molecule has 146 valence electrons. The van der Waals surface area contributed by atoms with E-state index in [0.717, 1.165) is 41.8 Å². The van der Waals surface area contributed by atoms with Gasteiger partial charge in [0.05, 0.1) is 5.69 Å². The number of piperidine rings is 1. The van der Waals surface area contributed by atoms with Gasteiger partial charge in [0.2, 0.25) is 5.91 Å². The van der Waals surface area contributed by atoms with Crippen LogP contribution in [0.2, 0.25) is 0 Å². The molecule has 0 atom stereocenters. The van der Waals surface area contributed by atoms with Gasteiger partial charge in [-0.25, -0.2) is 4.98 Å². The second-order valence-corrected chi connectivity index (χ2v) is 8.68. The molecule has 27 heavy (non-hydrogen) atoms. The molecule has 1 aliphatic heterocycles. The van der Waals surface area contributed by atoms with Gasteiger partial charge in [-0.15, -0.1) is 11.3 Å². The summed E-state index contributed by atoms with van der Waals surface area (Å²) < 4.78 is 0. The van der Waals surface area contributed by atoms with Gasteiger partial charge in [0.15, 0.2) is 0 Å². The van der Waals surface area contributed by atoms with E-state index in [-0.39, 0.29) is 5.91 Å². The Morgan fingerprint density at radius 2 is 2.04 bits per heavy atom. The predicted octanol–water partition coefficient (Wildman–Crippen LogP) is 3.62. The quantitative estimate of drug-likeness (QED) is 0.753. The van der Waals surface area contributed by atoms with Crippen LogP contribution in [0, 0.1) is 11.8 Å². The van der Waals surface area contributed by atoms with Crippen molar-refractivity contribution < 1.29 is 4.79 Å². The van der Waals surface area contributed by atoms with Crippen molar-refractivity contribution in [2.45, 2.75) is 39.5 Å². The molecule has 3 rings (SSSR count). The third-order valence-electron chi connectivity index (χ3n) is 5.01. The zero-order chi connectivity index (χ0) is 19.1. The first-order valence-electron chi connectivity index (χ1n) is 9.94. The average molecular weight is 387 g/mol. The minimum absolute atomic E-state index is 0.137. The van der Waals surface area contributed by atoms with E-state index in [0.29, 0.717) is 18.8 Å². The number of carbonyl (C=O) groups excluding carboxylic acids is 1. The second kappa shape index (κ2) is 9.95. The standard InChI is InChI=1S/C21H30N4OS/c1-16(2)14-25-11-7-17(8-12-25)13-23-20(26)4-3-19-15-27-21(24-19)18-5-9-22-10-6-18/h5-6,9-10,15-17H,3-4,7-8,11-14H2,1-2H3,(H,23,26). The molecule has 1 fully saturated rings. The van der Waals surface area contributed by atoms with Gasteiger partial charge in [0.25, 0.3) is 0 Å². The molecule has 0 bridgehead atoms. The van der Waals surface area contributed by atoms with E-state index in [9.17, 15) is 4.79 Å². The number of pyridine rings is 1. The minimum atomic E-state index is 0.137. The number of nitrogens with zero attached hydrogens (tertiary/aromatic N) is 3. The fourth-order valence-corrected chi connectivity index (χ4v) is 4.39. The fraction of sp³-hybridized carbons (Fsp3) is 0.571. The lowest BCUT2D eigenvalue weighted by Crippen LogP contribution is -2.40. The Hall–Kier alpha value is -1.79. The first-order chi connectivity index (χ1) is 13.1. The van der Waals surface area contributed by atoms with Gasteiger partial charge in [0.1, 0.15) is 5.01 Å². The van der Waals surface area contributed by atoms with Crippen molar-refractivity contribution >= 4 is 17.2 Å². The Labute approximate surface area is 166 Å². The van der Waals surface area contributed by atoms with E-state index in [4.69, 9.17) is 0 Å². The predicted molar refractivity (Wildman–Crippen MR) is 111 cm³/mol. The summed E-state index contributed by atoms with van der Waals surface area (Å²) in [5.74, 6) is 1.49. The number of aromatic nitrogens is 2. The zero-order valence-corrected chi connectivity index (χ0v) is 17.2. The summed E-state index contributed by atoms with van der Waals surface area (Å²) in [5.41, 5.74) is 2.07. The molecule has 0 aromatic carbocycles. The van der Waals surface area contributed by atoms with Crippen LogP contribution in [0.1, 0.15) is 38.8 Å². The first-order valence-corrected chi connectivity index (χ1v) is 10.8. The second-order valence-electron chi connectivity index (χ2n) is 7.82. The number of thiazole rings is 1. The third-order valence-corrected chi connectivity index (χ3v) is 5.95. The van der Waals surface area contributed by atoms with Gasteiger partial charge in [-0.2, -0.15) is 0 Å². The molecule has 0 aliphatic carbocycles. The van der Waals surface area contributed by atoms with Crippen molar-refractivity contribution in [3.63, 3.8) is 0 Å². The molecule has 1 amide bonds. The van der Waals surface area contributed by atoms with Crippen LogP contribution >= 0.6 is 11.3 Å². The summed E-state index contributed by atoms with van der Waals surface area (Å²) in [5, 5.41) is 6.16. The number of rotatable bonds is 8. The Morgan fingerprint density at radius 1 is 1.30 bits per heavy atom. The Bertz CT molecular complexity index is 708. The normalized spacial score (nSPS) is 16.0. The molecule has 2 aromatic heterocycles. The number of likely N-dealkylation sites (tertiary alicyclic amines) is 1. The van der Waals surface area contributed by atoms with E-state index in [1.807, 2.05) is 17.5 Å². The van der Waals surface area contributed by atoms with Gasteiger partial charge in [-0.05, 0) is 56.3 Å². The fourth-order valence-electron chi connectivity index (χ4n) is 3.53. The monoisotopic (exact) mass is 386 g/mol. The van der Waals surface area contributed by atoms with E-state index < -0.39 is 0 Å². The van der Waals surface area contributed by atoms with Gasteiger partial charge < -0.3 is 10.2 Å². The number of hydrogen-bond acceptors (Lipinski definition) is 5. The molecular formula is C21H30N4OS. The highest BCUT2D eigenvalue weighted by molar-refractivity contribution is 7.13. The van der Waals surface area contributed by atoms with Crippen molar-refractivity contribution in [3.8, 4) is 10.6 Å². The SMILES string of the molecule is CC(C)CN1CCC(CNC(=O)CCc2csc(-c3ccncc3)n2)CC1. The van der Waals surface area contributed by atoms with E-state index in [1.54, 1.807) is 23.7 Å². The summed E-state index contributed by atoms with van der Waals surface area (Å²) in [7, 11) is 0. The van der Waals surface area contributed by atoms with E-state index in [2.05, 4.69) is 34.0 Å². The minimum Gasteiger partial charge on any atom is -0.356 e. The number of nitrogens with one attached hydrogen (secondary N) is 1. The summed E-state index contributed by atoms with van der Waals surface area (Å²) in [6, 6.07) is 3.92.